The summed E-state index contributed by atoms with van der Waals surface area (Å²) in [4.78, 5) is 18.5. The number of oxazole rings is 1. The normalized spacial score (nSPS) is 11.0. The number of carbonyl (C=O) groups is 1. The maximum atomic E-state index is 12.8. The molecule has 0 atom stereocenters. The molecule has 0 aliphatic carbocycles. The summed E-state index contributed by atoms with van der Waals surface area (Å²) in [6.45, 7) is 0.482. The molecule has 2 aromatic carbocycles. The summed E-state index contributed by atoms with van der Waals surface area (Å²) in [5.74, 6) is -0.0970. The summed E-state index contributed by atoms with van der Waals surface area (Å²) in [7, 11) is 1.78. The third-order valence-corrected chi connectivity index (χ3v) is 4.38. The van der Waals surface area contributed by atoms with Crippen molar-refractivity contribution in [3.05, 3.63) is 83.5 Å². The molecule has 2 heterocycles. The molecule has 0 aliphatic heterocycles. The van der Waals surface area contributed by atoms with Gasteiger partial charge in [0.05, 0.1) is 6.54 Å². The van der Waals surface area contributed by atoms with Crippen molar-refractivity contribution >= 4 is 28.6 Å². The van der Waals surface area contributed by atoms with E-state index in [1.807, 2.05) is 48.7 Å². The van der Waals surface area contributed by atoms with Crippen LogP contribution in [-0.4, -0.2) is 27.4 Å². The van der Waals surface area contributed by atoms with Gasteiger partial charge < -0.3 is 13.9 Å². The number of fused-ring (bicyclic) bond motifs is 1. The monoisotopic (exact) mass is 365 g/mol. The van der Waals surface area contributed by atoms with Crippen molar-refractivity contribution in [3.63, 3.8) is 0 Å². The number of amides is 1. The number of halogens is 1. The largest absolute Gasteiger partial charge is 0.428 e. The molecule has 0 saturated heterocycles. The van der Waals surface area contributed by atoms with Crippen molar-refractivity contribution in [2.24, 2.45) is 0 Å². The third kappa shape index (κ3) is 3.09. The summed E-state index contributed by atoms with van der Waals surface area (Å²) in [6.07, 6.45) is 1.99. The molecule has 1 amide bonds. The molecule has 0 radical (unpaired) electrons. The fourth-order valence-electron chi connectivity index (χ4n) is 2.95. The Hall–Kier alpha value is -3.05. The second kappa shape index (κ2) is 6.69. The molecule has 0 bridgehead atoms. The van der Waals surface area contributed by atoms with Crippen LogP contribution in [0.25, 0.3) is 16.8 Å². The Labute approximate surface area is 155 Å². The van der Waals surface area contributed by atoms with Crippen LogP contribution >= 0.6 is 11.6 Å². The van der Waals surface area contributed by atoms with E-state index < -0.39 is 0 Å². The number of hydrogen-bond donors (Lipinski definition) is 0. The second-order valence-corrected chi connectivity index (χ2v) is 6.34. The minimum Gasteiger partial charge on any atom is -0.428 e. The average molecular weight is 366 g/mol. The highest BCUT2D eigenvalue weighted by Crippen LogP contribution is 2.21. The first kappa shape index (κ1) is 16.4. The van der Waals surface area contributed by atoms with Crippen molar-refractivity contribution in [2.45, 2.75) is 6.54 Å². The molecule has 0 spiro atoms. The highest BCUT2D eigenvalue weighted by molar-refractivity contribution is 6.28. The molecule has 0 fully saturated rings. The number of aromatic nitrogens is 2. The fourth-order valence-corrected chi connectivity index (χ4v) is 3.12. The van der Waals surface area contributed by atoms with Crippen LogP contribution in [0.4, 0.5) is 0 Å². The van der Waals surface area contributed by atoms with E-state index in [9.17, 15) is 4.79 Å². The molecule has 130 valence electrons. The van der Waals surface area contributed by atoms with Crippen molar-refractivity contribution in [3.8, 4) is 5.69 Å². The van der Waals surface area contributed by atoms with E-state index in [1.54, 1.807) is 30.1 Å². The van der Waals surface area contributed by atoms with Gasteiger partial charge in [0.2, 0.25) is 0 Å². The zero-order valence-corrected chi connectivity index (χ0v) is 14.8. The number of nitrogens with zero attached hydrogens (tertiary/aromatic N) is 3. The van der Waals surface area contributed by atoms with Gasteiger partial charge in [-0.3, -0.25) is 4.79 Å². The van der Waals surface area contributed by atoms with Crippen molar-refractivity contribution in [1.29, 1.82) is 0 Å². The van der Waals surface area contributed by atoms with Gasteiger partial charge in [-0.2, -0.15) is 4.98 Å². The highest BCUT2D eigenvalue weighted by atomic mass is 35.5. The Morgan fingerprint density at radius 3 is 2.77 bits per heavy atom. The van der Waals surface area contributed by atoms with Crippen molar-refractivity contribution < 1.29 is 9.21 Å². The first-order valence-electron chi connectivity index (χ1n) is 8.15. The molecule has 0 saturated carbocycles. The van der Waals surface area contributed by atoms with E-state index in [0.29, 0.717) is 23.2 Å². The van der Waals surface area contributed by atoms with Crippen molar-refractivity contribution in [2.75, 3.05) is 7.05 Å². The average Bonchev–Trinajstić information content (AvgIpc) is 3.26. The molecular formula is C20H16ClN3O2. The van der Waals surface area contributed by atoms with E-state index in [0.717, 1.165) is 11.4 Å². The summed E-state index contributed by atoms with van der Waals surface area (Å²) < 4.78 is 7.37. The van der Waals surface area contributed by atoms with Gasteiger partial charge in [0.15, 0.2) is 5.58 Å². The highest BCUT2D eigenvalue weighted by Gasteiger charge is 2.16. The summed E-state index contributed by atoms with van der Waals surface area (Å²) in [5, 5.41) is 0.0682. The Morgan fingerprint density at radius 1 is 1.15 bits per heavy atom. The Bertz CT molecular complexity index is 1070. The lowest BCUT2D eigenvalue weighted by atomic mass is 10.2. The molecule has 0 N–H and O–H groups in total. The summed E-state index contributed by atoms with van der Waals surface area (Å²) in [6, 6.07) is 19.2. The molecule has 0 unspecified atom stereocenters. The van der Waals surface area contributed by atoms with E-state index in [4.69, 9.17) is 16.0 Å². The minimum atomic E-state index is -0.0970. The molecule has 4 rings (SSSR count). The van der Waals surface area contributed by atoms with Gasteiger partial charge >= 0.3 is 0 Å². The van der Waals surface area contributed by atoms with Crippen LogP contribution in [0.3, 0.4) is 0 Å². The minimum absolute atomic E-state index is 0.0682. The Balaban J connectivity index is 1.57. The van der Waals surface area contributed by atoms with Gasteiger partial charge in [-0.25, -0.2) is 0 Å². The smallest absolute Gasteiger partial charge is 0.293 e. The standard InChI is InChI=1S/C20H16ClN3O2/c1-23(13-16-8-5-11-24(16)15-6-3-2-4-7-15)19(25)14-9-10-17-18(12-14)26-20(21)22-17/h2-12H,13H2,1H3. The fraction of sp³-hybridized carbons (Fsp3) is 0.100. The van der Waals surface area contributed by atoms with Crippen LogP contribution < -0.4 is 0 Å². The van der Waals surface area contributed by atoms with Gasteiger partial charge in [0.25, 0.3) is 11.3 Å². The molecule has 26 heavy (non-hydrogen) atoms. The van der Waals surface area contributed by atoms with Crippen LogP contribution in [0.2, 0.25) is 5.35 Å². The second-order valence-electron chi connectivity index (χ2n) is 6.02. The number of carbonyl (C=O) groups excluding carboxylic acids is 1. The maximum Gasteiger partial charge on any atom is 0.293 e. The Morgan fingerprint density at radius 2 is 1.96 bits per heavy atom. The van der Waals surface area contributed by atoms with Crippen molar-refractivity contribution in [1.82, 2.24) is 14.5 Å². The summed E-state index contributed by atoms with van der Waals surface area (Å²) >= 11 is 5.77. The molecule has 6 heteroatoms. The number of benzene rings is 2. The molecular weight excluding hydrogens is 350 g/mol. The molecule has 0 aliphatic rings. The van der Waals surface area contributed by atoms with Crippen LogP contribution in [0.1, 0.15) is 16.1 Å². The zero-order chi connectivity index (χ0) is 18.1. The predicted molar refractivity (Wildman–Crippen MR) is 101 cm³/mol. The van der Waals surface area contributed by atoms with E-state index >= 15 is 0 Å². The van der Waals surface area contributed by atoms with Crippen LogP contribution in [0.15, 0.2) is 71.3 Å². The third-order valence-electron chi connectivity index (χ3n) is 4.22. The lowest BCUT2D eigenvalue weighted by Gasteiger charge is -2.19. The first-order chi connectivity index (χ1) is 12.6. The topological polar surface area (TPSA) is 51.3 Å². The van der Waals surface area contributed by atoms with Gasteiger partial charge in [-0.1, -0.05) is 18.2 Å². The van der Waals surface area contributed by atoms with Gasteiger partial charge in [-0.15, -0.1) is 0 Å². The van der Waals surface area contributed by atoms with E-state index in [-0.39, 0.29) is 11.3 Å². The number of hydrogen-bond acceptors (Lipinski definition) is 3. The summed E-state index contributed by atoms with van der Waals surface area (Å²) in [5.41, 5.74) is 3.75. The van der Waals surface area contributed by atoms with Crippen LogP contribution in [0, 0.1) is 0 Å². The molecule has 2 aromatic heterocycles. The maximum absolute atomic E-state index is 12.8. The van der Waals surface area contributed by atoms with Gasteiger partial charge in [0, 0.05) is 30.2 Å². The lowest BCUT2D eigenvalue weighted by Crippen LogP contribution is -2.27. The number of rotatable bonds is 4. The molecule has 4 aromatic rings. The Kier molecular flexibility index (Phi) is 4.22. The predicted octanol–water partition coefficient (Wildman–Crippen LogP) is 4.54. The van der Waals surface area contributed by atoms with E-state index in [1.165, 1.54) is 0 Å². The SMILES string of the molecule is CN(Cc1cccn1-c1ccccc1)C(=O)c1ccc2nc(Cl)oc2c1. The number of para-hydroxylation sites is 1. The van der Waals surface area contributed by atoms with E-state index in [2.05, 4.69) is 9.55 Å². The first-order valence-corrected chi connectivity index (χ1v) is 8.53. The lowest BCUT2D eigenvalue weighted by molar-refractivity contribution is 0.0783. The zero-order valence-electron chi connectivity index (χ0n) is 14.1. The van der Waals surface area contributed by atoms with Gasteiger partial charge in [-0.05, 0) is 54.1 Å². The quantitative estimate of drug-likeness (QED) is 0.533. The van der Waals surface area contributed by atoms with Crippen LogP contribution in [0.5, 0.6) is 0 Å². The van der Waals surface area contributed by atoms with Crippen LogP contribution in [-0.2, 0) is 6.54 Å². The van der Waals surface area contributed by atoms with Gasteiger partial charge in [0.1, 0.15) is 5.52 Å². The molecule has 5 nitrogen and oxygen atoms in total.